The summed E-state index contributed by atoms with van der Waals surface area (Å²) in [6, 6.07) is 5.54. The van der Waals surface area contributed by atoms with E-state index in [1.165, 1.54) is 15.9 Å². The van der Waals surface area contributed by atoms with Gasteiger partial charge in [0.05, 0.1) is 5.69 Å². The molecule has 0 bridgehead atoms. The van der Waals surface area contributed by atoms with Crippen LogP contribution in [0.5, 0.6) is 0 Å². The van der Waals surface area contributed by atoms with Gasteiger partial charge in [0.1, 0.15) is 0 Å². The van der Waals surface area contributed by atoms with E-state index in [0.29, 0.717) is 18.7 Å². The average molecular weight is 336 g/mol. The maximum Gasteiger partial charge on any atom is 0.403 e. The Morgan fingerprint density at radius 3 is 2.78 bits per heavy atom. The number of nitro groups is 1. The molecule has 9 heteroatoms. The first-order valence-electron chi connectivity index (χ1n) is 7.10. The van der Waals surface area contributed by atoms with E-state index < -0.39 is 25.8 Å². The predicted molar refractivity (Wildman–Crippen MR) is 83.9 cm³/mol. The lowest BCUT2D eigenvalue weighted by Crippen LogP contribution is -2.36. The zero-order valence-electron chi connectivity index (χ0n) is 12.8. The molecule has 0 saturated carbocycles. The third-order valence-corrected chi connectivity index (χ3v) is 5.80. The fourth-order valence-electron chi connectivity index (χ4n) is 2.87. The number of sulfonamides is 1. The van der Waals surface area contributed by atoms with Crippen molar-refractivity contribution in [1.29, 1.82) is 0 Å². The summed E-state index contributed by atoms with van der Waals surface area (Å²) in [5.41, 5.74) is 2.57. The fraction of sp³-hybridized carbons (Fsp3) is 0.357. The van der Waals surface area contributed by atoms with Crippen LogP contribution in [0.4, 0.5) is 11.5 Å². The number of benzene rings is 1. The van der Waals surface area contributed by atoms with Crippen LogP contribution in [0.2, 0.25) is 0 Å². The van der Waals surface area contributed by atoms with E-state index in [1.54, 1.807) is 6.07 Å². The Balaban J connectivity index is 2.16. The Hall–Kier alpha value is -2.42. The van der Waals surface area contributed by atoms with E-state index >= 15 is 0 Å². The summed E-state index contributed by atoms with van der Waals surface area (Å²) in [4.78, 5) is 13.9. The molecule has 0 spiro atoms. The number of fused-ring (bicyclic) bond motifs is 1. The largest absolute Gasteiger partial charge is 0.403 e. The lowest BCUT2D eigenvalue weighted by atomic mass is 10.0. The highest BCUT2D eigenvalue weighted by molar-refractivity contribution is 7.92. The van der Waals surface area contributed by atoms with Crippen molar-refractivity contribution < 1.29 is 13.3 Å². The predicted octanol–water partition coefficient (Wildman–Crippen LogP) is 1.78. The number of aromatic nitrogens is 2. The van der Waals surface area contributed by atoms with Crippen LogP contribution in [0, 0.1) is 17.0 Å². The molecule has 1 aliphatic rings. The van der Waals surface area contributed by atoms with Crippen LogP contribution in [-0.2, 0) is 23.5 Å². The normalized spacial score (nSPS) is 14.6. The average Bonchev–Trinajstić information content (AvgIpc) is 2.89. The first-order chi connectivity index (χ1) is 10.8. The standard InChI is InChI=1S/C14H16N4O4S/c1-10-5-6-12-11(8-10)4-3-7-17(12)23(21,22)14-13(18(19)20)15-9-16(14)2/h5-6,8-9H,3-4,7H2,1-2H3. The molecule has 1 aromatic carbocycles. The zero-order chi connectivity index (χ0) is 16.8. The van der Waals surface area contributed by atoms with Crippen LogP contribution in [0.1, 0.15) is 17.5 Å². The maximum atomic E-state index is 13.0. The van der Waals surface area contributed by atoms with E-state index in [-0.39, 0.29) is 0 Å². The fourth-order valence-corrected chi connectivity index (χ4v) is 4.66. The molecule has 3 rings (SSSR count). The molecule has 23 heavy (non-hydrogen) atoms. The van der Waals surface area contributed by atoms with Gasteiger partial charge in [0.2, 0.25) is 6.33 Å². The van der Waals surface area contributed by atoms with Gasteiger partial charge < -0.3 is 10.1 Å². The summed E-state index contributed by atoms with van der Waals surface area (Å²) >= 11 is 0. The Labute approximate surface area is 133 Å². The SMILES string of the molecule is Cc1ccc2c(c1)CCCN2S(=O)(=O)c1c([N+](=O)[O-])ncn1C. The summed E-state index contributed by atoms with van der Waals surface area (Å²) in [5.74, 6) is -0.647. The van der Waals surface area contributed by atoms with E-state index in [2.05, 4.69) is 4.98 Å². The molecule has 2 heterocycles. The van der Waals surface area contributed by atoms with Crippen LogP contribution in [0.3, 0.4) is 0 Å². The van der Waals surface area contributed by atoms with E-state index in [0.717, 1.165) is 23.9 Å². The third-order valence-electron chi connectivity index (χ3n) is 3.88. The number of nitrogens with zero attached hydrogens (tertiary/aromatic N) is 4. The molecule has 122 valence electrons. The summed E-state index contributed by atoms with van der Waals surface area (Å²) < 4.78 is 28.4. The molecule has 2 aromatic rings. The second-order valence-corrected chi connectivity index (χ2v) is 7.33. The molecule has 8 nitrogen and oxygen atoms in total. The molecule has 0 unspecified atom stereocenters. The molecule has 0 radical (unpaired) electrons. The van der Waals surface area contributed by atoms with Gasteiger partial charge >= 0.3 is 5.82 Å². The Morgan fingerprint density at radius 1 is 1.35 bits per heavy atom. The van der Waals surface area contributed by atoms with Gasteiger partial charge in [0, 0.05) is 13.6 Å². The van der Waals surface area contributed by atoms with Gasteiger partial charge in [-0.25, -0.2) is 0 Å². The molecule has 0 aliphatic carbocycles. The van der Waals surface area contributed by atoms with Gasteiger partial charge in [-0.15, -0.1) is 0 Å². The molecule has 0 amide bonds. The number of rotatable bonds is 3. The second kappa shape index (κ2) is 5.34. The van der Waals surface area contributed by atoms with Crippen molar-refractivity contribution in [2.45, 2.75) is 24.8 Å². The summed E-state index contributed by atoms with van der Waals surface area (Å²) in [5, 5.41) is 10.7. The van der Waals surface area contributed by atoms with Crippen molar-refractivity contribution in [1.82, 2.24) is 9.55 Å². The Morgan fingerprint density at radius 2 is 2.09 bits per heavy atom. The molecule has 0 N–H and O–H groups in total. The molecular formula is C14H16N4O4S. The summed E-state index contributed by atoms with van der Waals surface area (Å²) in [6.07, 6.45) is 2.60. The van der Waals surface area contributed by atoms with Gasteiger partial charge in [-0.3, -0.25) is 8.87 Å². The lowest BCUT2D eigenvalue weighted by Gasteiger charge is -2.30. The van der Waals surface area contributed by atoms with Crippen molar-refractivity contribution >= 4 is 21.5 Å². The molecule has 0 atom stereocenters. The summed E-state index contributed by atoms with van der Waals surface area (Å²) in [6.45, 7) is 2.24. The molecule has 0 saturated heterocycles. The van der Waals surface area contributed by atoms with Gasteiger partial charge in [-0.2, -0.15) is 8.42 Å². The van der Waals surface area contributed by atoms with Crippen molar-refractivity contribution in [3.05, 3.63) is 45.8 Å². The molecular weight excluding hydrogens is 320 g/mol. The lowest BCUT2D eigenvalue weighted by molar-refractivity contribution is -0.392. The number of hydrogen-bond donors (Lipinski definition) is 0. The number of imidazole rings is 1. The van der Waals surface area contributed by atoms with Crippen molar-refractivity contribution in [3.63, 3.8) is 0 Å². The van der Waals surface area contributed by atoms with Crippen LogP contribution in [-0.4, -0.2) is 29.4 Å². The van der Waals surface area contributed by atoms with Gasteiger partial charge in [-0.05, 0) is 41.3 Å². The van der Waals surface area contributed by atoms with Gasteiger partial charge in [-0.1, -0.05) is 17.7 Å². The van der Waals surface area contributed by atoms with Crippen LogP contribution >= 0.6 is 0 Å². The van der Waals surface area contributed by atoms with Crippen LogP contribution in [0.15, 0.2) is 29.6 Å². The minimum atomic E-state index is -4.06. The molecule has 1 aromatic heterocycles. The Kier molecular flexibility index (Phi) is 3.59. The number of hydrogen-bond acceptors (Lipinski definition) is 5. The maximum absolute atomic E-state index is 13.0. The van der Waals surface area contributed by atoms with Gasteiger partial charge in [0.15, 0.2) is 0 Å². The highest BCUT2D eigenvalue weighted by Crippen LogP contribution is 2.34. The number of anilines is 1. The van der Waals surface area contributed by atoms with Crippen LogP contribution < -0.4 is 4.31 Å². The Bertz CT molecular complexity index is 888. The quantitative estimate of drug-likeness (QED) is 0.628. The zero-order valence-corrected chi connectivity index (χ0v) is 13.6. The van der Waals surface area contributed by atoms with E-state index in [9.17, 15) is 18.5 Å². The van der Waals surface area contributed by atoms with Crippen LogP contribution in [0.25, 0.3) is 0 Å². The number of aryl methyl sites for hydroxylation is 3. The minimum Gasteiger partial charge on any atom is -0.358 e. The molecule has 0 fully saturated rings. The van der Waals surface area contributed by atoms with E-state index in [4.69, 9.17) is 0 Å². The first-order valence-corrected chi connectivity index (χ1v) is 8.54. The topological polar surface area (TPSA) is 98.3 Å². The molecule has 1 aliphatic heterocycles. The van der Waals surface area contributed by atoms with Crippen molar-refractivity contribution in [2.24, 2.45) is 7.05 Å². The van der Waals surface area contributed by atoms with Gasteiger partial charge in [0.25, 0.3) is 15.0 Å². The highest BCUT2D eigenvalue weighted by atomic mass is 32.2. The smallest absolute Gasteiger partial charge is 0.358 e. The second-order valence-electron chi connectivity index (χ2n) is 5.55. The van der Waals surface area contributed by atoms with Crippen molar-refractivity contribution in [2.75, 3.05) is 10.8 Å². The minimum absolute atomic E-state index is 0.292. The van der Waals surface area contributed by atoms with E-state index in [1.807, 2.05) is 19.1 Å². The third kappa shape index (κ3) is 2.46. The highest BCUT2D eigenvalue weighted by Gasteiger charge is 2.38. The first kappa shape index (κ1) is 15.5. The van der Waals surface area contributed by atoms with Crippen molar-refractivity contribution in [3.8, 4) is 0 Å². The summed E-state index contributed by atoms with van der Waals surface area (Å²) in [7, 11) is -2.62. The monoisotopic (exact) mass is 336 g/mol.